The van der Waals surface area contributed by atoms with Crippen molar-refractivity contribution in [1.29, 1.82) is 0 Å². The highest BCUT2D eigenvalue weighted by molar-refractivity contribution is 6.06. The number of nitro benzene ring substituents is 1. The van der Waals surface area contributed by atoms with Crippen LogP contribution in [-0.2, 0) is 4.79 Å². The van der Waals surface area contributed by atoms with Gasteiger partial charge in [-0.2, -0.15) is 0 Å². The molecule has 1 saturated heterocycles. The minimum Gasteiger partial charge on any atom is -0.497 e. The topological polar surface area (TPSA) is 92.9 Å². The number of ether oxygens (including phenoxy) is 1. The van der Waals surface area contributed by atoms with Crippen LogP contribution in [0.5, 0.6) is 5.75 Å². The molecule has 0 aromatic heterocycles. The lowest BCUT2D eigenvalue weighted by Gasteiger charge is -2.49. The van der Waals surface area contributed by atoms with Crippen LogP contribution < -0.4 is 9.64 Å². The number of rotatable bonds is 6. The van der Waals surface area contributed by atoms with Gasteiger partial charge in [-0.1, -0.05) is 30.3 Å². The zero-order valence-corrected chi connectivity index (χ0v) is 16.5. The summed E-state index contributed by atoms with van der Waals surface area (Å²) >= 11 is 0. The van der Waals surface area contributed by atoms with Gasteiger partial charge < -0.3 is 14.7 Å². The molecular formula is C23H19FN2O5. The number of carbonyl (C=O) groups is 1. The molecule has 0 saturated carbocycles. The summed E-state index contributed by atoms with van der Waals surface area (Å²) in [4.78, 5) is 25.1. The summed E-state index contributed by atoms with van der Waals surface area (Å²) in [6.45, 7) is 0. The van der Waals surface area contributed by atoms with Gasteiger partial charge in [0.2, 0.25) is 5.91 Å². The molecule has 3 aromatic rings. The van der Waals surface area contributed by atoms with Crippen LogP contribution in [-0.4, -0.2) is 29.1 Å². The Kier molecular flexibility index (Phi) is 5.39. The molecule has 4 rings (SSSR count). The molecule has 1 N–H and O–H groups in total. The molecule has 158 valence electrons. The van der Waals surface area contributed by atoms with Gasteiger partial charge in [-0.3, -0.25) is 14.9 Å². The van der Waals surface area contributed by atoms with Gasteiger partial charge in [-0.25, -0.2) is 4.39 Å². The fourth-order valence-electron chi connectivity index (χ4n) is 3.92. The molecule has 0 unspecified atom stereocenters. The maximum atomic E-state index is 14.7. The number of hydrogen-bond donors (Lipinski definition) is 1. The zero-order chi connectivity index (χ0) is 22.1. The number of β-lactam (4-membered cyclic amide) rings is 1. The fraction of sp³-hybridized carbons (Fsp3) is 0.174. The van der Waals surface area contributed by atoms with Gasteiger partial charge in [0.25, 0.3) is 5.69 Å². The molecule has 0 radical (unpaired) electrons. The Labute approximate surface area is 177 Å². The largest absolute Gasteiger partial charge is 0.497 e. The smallest absolute Gasteiger partial charge is 0.269 e. The summed E-state index contributed by atoms with van der Waals surface area (Å²) in [5.41, 5.74) is 0.631. The average molecular weight is 422 g/mol. The monoisotopic (exact) mass is 422 g/mol. The molecule has 0 spiro atoms. The average Bonchev–Trinajstić information content (AvgIpc) is 2.79. The quantitative estimate of drug-likeness (QED) is 0.369. The normalized spacial score (nSPS) is 18.9. The predicted octanol–water partition coefficient (Wildman–Crippen LogP) is 3.98. The molecule has 8 heteroatoms. The van der Waals surface area contributed by atoms with Crippen LogP contribution >= 0.6 is 0 Å². The Hall–Kier alpha value is -3.78. The molecule has 3 aromatic carbocycles. The van der Waals surface area contributed by atoms with Crippen molar-refractivity contribution in [2.24, 2.45) is 0 Å². The summed E-state index contributed by atoms with van der Waals surface area (Å²) in [5.74, 6) is -1.66. The molecule has 7 nitrogen and oxygen atoms in total. The minimum atomic E-state index is -1.13. The van der Waals surface area contributed by atoms with E-state index in [0.29, 0.717) is 17.0 Å². The lowest BCUT2D eigenvalue weighted by atomic mass is 9.76. The van der Waals surface area contributed by atoms with E-state index < -0.39 is 34.7 Å². The Balaban J connectivity index is 1.78. The standard InChI is InChI=1S/C23H19FN2O5/c1-31-17-10-7-15(8-11-17)25-21(22(27)14-5-3-2-4-6-14)20(23(25)28)18-13-16(26(29)30)9-12-19(18)24/h2-13,20-22,27H,1H3/t20-,21+,22-/m0/s1. The van der Waals surface area contributed by atoms with Crippen LogP contribution in [0.2, 0.25) is 0 Å². The van der Waals surface area contributed by atoms with Crippen molar-refractivity contribution in [3.63, 3.8) is 0 Å². The summed E-state index contributed by atoms with van der Waals surface area (Å²) in [6.07, 6.45) is -1.13. The number of amides is 1. The summed E-state index contributed by atoms with van der Waals surface area (Å²) in [7, 11) is 1.52. The van der Waals surface area contributed by atoms with Crippen LogP contribution in [0.15, 0.2) is 72.8 Å². The van der Waals surface area contributed by atoms with Gasteiger partial charge in [0.1, 0.15) is 17.7 Å². The van der Waals surface area contributed by atoms with Gasteiger partial charge in [0.15, 0.2) is 0 Å². The highest BCUT2D eigenvalue weighted by Gasteiger charge is 2.53. The van der Waals surface area contributed by atoms with E-state index in [1.807, 2.05) is 0 Å². The lowest BCUT2D eigenvalue weighted by Crippen LogP contribution is -2.62. The summed E-state index contributed by atoms with van der Waals surface area (Å²) < 4.78 is 19.8. The van der Waals surface area contributed by atoms with Crippen LogP contribution in [0.4, 0.5) is 15.8 Å². The van der Waals surface area contributed by atoms with Gasteiger partial charge in [0, 0.05) is 23.4 Å². The third-order valence-corrected chi connectivity index (χ3v) is 5.48. The number of nitrogens with zero attached hydrogens (tertiary/aromatic N) is 2. The SMILES string of the molecule is COc1ccc(N2C(=O)[C@@H](c3cc([N+](=O)[O-])ccc3F)[C@@H]2[C@@H](O)c2ccccc2)cc1. The number of aliphatic hydroxyl groups excluding tert-OH is 1. The van der Waals surface area contributed by atoms with E-state index in [-0.39, 0.29) is 11.3 Å². The van der Waals surface area contributed by atoms with Crippen LogP contribution in [0, 0.1) is 15.9 Å². The highest BCUT2D eigenvalue weighted by Crippen LogP contribution is 2.46. The van der Waals surface area contributed by atoms with Gasteiger partial charge in [0.05, 0.1) is 24.0 Å². The molecule has 1 fully saturated rings. The molecule has 3 atom stereocenters. The number of hydrogen-bond acceptors (Lipinski definition) is 5. The van der Waals surface area contributed by atoms with Gasteiger partial charge in [-0.05, 0) is 35.9 Å². The second kappa shape index (κ2) is 8.16. The number of halogens is 1. The molecule has 1 amide bonds. The Morgan fingerprint density at radius 1 is 1.10 bits per heavy atom. The minimum absolute atomic E-state index is 0.107. The number of non-ortho nitro benzene ring substituents is 1. The van der Waals surface area contributed by atoms with Crippen LogP contribution in [0.25, 0.3) is 0 Å². The maximum absolute atomic E-state index is 14.7. The fourth-order valence-corrected chi connectivity index (χ4v) is 3.92. The highest BCUT2D eigenvalue weighted by atomic mass is 19.1. The van der Waals surface area contributed by atoms with E-state index >= 15 is 0 Å². The summed E-state index contributed by atoms with van der Waals surface area (Å²) in [6, 6.07) is 17.6. The zero-order valence-electron chi connectivity index (χ0n) is 16.5. The van der Waals surface area contributed by atoms with Crippen molar-refractivity contribution in [2.75, 3.05) is 12.0 Å². The van der Waals surface area contributed by atoms with E-state index in [1.165, 1.54) is 12.0 Å². The molecule has 0 aliphatic carbocycles. The van der Waals surface area contributed by atoms with Gasteiger partial charge >= 0.3 is 0 Å². The number of benzene rings is 3. The van der Waals surface area contributed by atoms with Crippen molar-refractivity contribution in [1.82, 2.24) is 0 Å². The number of carbonyl (C=O) groups excluding carboxylic acids is 1. The summed E-state index contributed by atoms with van der Waals surface area (Å²) in [5, 5.41) is 22.3. The Bertz CT molecular complexity index is 1120. The number of aliphatic hydroxyl groups is 1. The van der Waals surface area contributed by atoms with E-state index in [0.717, 1.165) is 18.2 Å². The molecule has 1 aliphatic heterocycles. The maximum Gasteiger partial charge on any atom is 0.269 e. The van der Waals surface area contributed by atoms with E-state index in [9.17, 15) is 24.4 Å². The van der Waals surface area contributed by atoms with Crippen molar-refractivity contribution < 1.29 is 24.0 Å². The van der Waals surface area contributed by atoms with Crippen LogP contribution in [0.3, 0.4) is 0 Å². The third-order valence-electron chi connectivity index (χ3n) is 5.48. The van der Waals surface area contributed by atoms with Gasteiger partial charge in [-0.15, -0.1) is 0 Å². The first-order valence-corrected chi connectivity index (χ1v) is 9.56. The predicted molar refractivity (Wildman–Crippen MR) is 111 cm³/mol. The molecular weight excluding hydrogens is 403 g/mol. The van der Waals surface area contributed by atoms with Crippen molar-refractivity contribution in [3.05, 3.63) is 99.9 Å². The second-order valence-corrected chi connectivity index (χ2v) is 7.19. The number of methoxy groups -OCH3 is 1. The Morgan fingerprint density at radius 3 is 2.39 bits per heavy atom. The first-order valence-electron chi connectivity index (χ1n) is 9.56. The van der Waals surface area contributed by atoms with E-state index in [2.05, 4.69) is 0 Å². The Morgan fingerprint density at radius 2 is 1.77 bits per heavy atom. The molecule has 1 heterocycles. The lowest BCUT2D eigenvalue weighted by molar-refractivity contribution is -0.385. The number of nitro groups is 1. The van der Waals surface area contributed by atoms with Crippen molar-refractivity contribution >= 4 is 17.3 Å². The number of anilines is 1. The molecule has 31 heavy (non-hydrogen) atoms. The first kappa shape index (κ1) is 20.5. The van der Waals surface area contributed by atoms with Crippen molar-refractivity contribution in [3.8, 4) is 5.75 Å². The molecule has 1 aliphatic rings. The van der Waals surface area contributed by atoms with Crippen LogP contribution in [0.1, 0.15) is 23.1 Å². The second-order valence-electron chi connectivity index (χ2n) is 7.19. The molecule has 0 bridgehead atoms. The van der Waals surface area contributed by atoms with E-state index in [4.69, 9.17) is 4.74 Å². The van der Waals surface area contributed by atoms with E-state index in [1.54, 1.807) is 54.6 Å². The third kappa shape index (κ3) is 3.62. The first-order chi connectivity index (χ1) is 14.9. The van der Waals surface area contributed by atoms with Crippen molar-refractivity contribution in [2.45, 2.75) is 18.1 Å².